The second-order valence-corrected chi connectivity index (χ2v) is 2.05. The van der Waals surface area contributed by atoms with E-state index in [4.69, 9.17) is 39.0 Å². The van der Waals surface area contributed by atoms with E-state index in [1.54, 1.807) is 0 Å². The van der Waals surface area contributed by atoms with Crippen LogP contribution in [0.2, 0.25) is 0 Å². The number of carboxylic acids is 2. The van der Waals surface area contributed by atoms with Gasteiger partial charge in [-0.05, 0) is 0 Å². The molecular formula is C2H2FeLiO8P. The van der Waals surface area contributed by atoms with Crippen molar-refractivity contribution in [2.75, 3.05) is 0 Å². The van der Waals surface area contributed by atoms with Gasteiger partial charge in [-0.15, -0.1) is 0 Å². The number of carboxylic acid groups (broad SMARTS) is 2. The maximum atomic E-state index is 8.93. The largest absolute Gasteiger partial charge is 2.00 e. The zero-order valence-corrected chi connectivity index (χ0v) is 8.14. The number of hydrogen-bond donors (Lipinski definition) is 2. The minimum Gasteiger partial charge on any atom is -0.756 e. The first-order chi connectivity index (χ1) is 4.64. The summed E-state index contributed by atoms with van der Waals surface area (Å²) in [6.07, 6.45) is 0. The van der Waals surface area contributed by atoms with Crippen LogP contribution in [0.3, 0.4) is 0 Å². The van der Waals surface area contributed by atoms with Gasteiger partial charge in [0.05, 0.1) is 11.9 Å². The molecule has 8 nitrogen and oxygen atoms in total. The van der Waals surface area contributed by atoms with Crippen LogP contribution in [0.4, 0.5) is 0 Å². The number of rotatable bonds is 0. The molecule has 0 aromatic rings. The van der Waals surface area contributed by atoms with Gasteiger partial charge in [-0.2, -0.15) is 0 Å². The van der Waals surface area contributed by atoms with Crippen molar-refractivity contribution >= 4 is 19.8 Å². The van der Waals surface area contributed by atoms with E-state index in [1.165, 1.54) is 0 Å². The predicted molar refractivity (Wildman–Crippen MR) is 22.1 cm³/mol. The van der Waals surface area contributed by atoms with Gasteiger partial charge in [-0.25, -0.2) is 0 Å². The van der Waals surface area contributed by atoms with Gasteiger partial charge in [0.2, 0.25) is 0 Å². The molecule has 2 N–H and O–H groups in total. The van der Waals surface area contributed by atoms with Gasteiger partial charge in [0, 0.05) is 0 Å². The number of hydrogen-bond acceptors (Lipinski definition) is 6. The van der Waals surface area contributed by atoms with E-state index in [0.717, 1.165) is 0 Å². The quantitative estimate of drug-likeness (QED) is 0.242. The van der Waals surface area contributed by atoms with Crippen LogP contribution in [0.25, 0.3) is 0 Å². The second kappa shape index (κ2) is 10.2. The summed E-state index contributed by atoms with van der Waals surface area (Å²) in [7, 11) is -4.89. The minimum atomic E-state index is -4.89. The monoisotopic (exact) mass is 248 g/mol. The Kier molecular flexibility index (Phi) is 18.3. The first-order valence-corrected chi connectivity index (χ1v) is 3.36. The van der Waals surface area contributed by atoms with Crippen molar-refractivity contribution in [1.29, 1.82) is 0 Å². The Hall–Kier alpha value is 0.167. The molecule has 0 aromatic carbocycles. The van der Waals surface area contributed by atoms with Gasteiger partial charge < -0.3 is 34.5 Å². The Labute approximate surface area is 94.8 Å². The van der Waals surface area contributed by atoms with Gasteiger partial charge >= 0.3 is 35.9 Å². The van der Waals surface area contributed by atoms with Gasteiger partial charge in [-0.1, -0.05) is 0 Å². The van der Waals surface area contributed by atoms with Crippen molar-refractivity contribution in [3.63, 3.8) is 0 Å². The van der Waals surface area contributed by atoms with Crippen molar-refractivity contribution in [2.45, 2.75) is 0 Å². The molecule has 0 heterocycles. The maximum Gasteiger partial charge on any atom is 2.00 e. The third kappa shape index (κ3) is 72.4. The summed E-state index contributed by atoms with van der Waals surface area (Å²) >= 11 is 0. The Bertz CT molecular complexity index is 178. The van der Waals surface area contributed by atoms with E-state index in [0.29, 0.717) is 0 Å². The van der Waals surface area contributed by atoms with E-state index in [-0.39, 0.29) is 35.9 Å². The van der Waals surface area contributed by atoms with Gasteiger partial charge in [-0.3, -0.25) is 4.57 Å². The van der Waals surface area contributed by atoms with Crippen LogP contribution < -0.4 is 34.0 Å². The summed E-state index contributed by atoms with van der Waals surface area (Å²) in [6, 6.07) is 0. The molecule has 11 heteroatoms. The topological polar surface area (TPSA) is 161 Å². The molecule has 0 spiro atoms. The Morgan fingerprint density at radius 3 is 1.15 bits per heavy atom. The molecule has 0 rings (SSSR count). The predicted octanol–water partition coefficient (Wildman–Crippen LogP) is -8.07. The van der Waals surface area contributed by atoms with Crippen LogP contribution in [-0.2, 0) is 31.2 Å². The van der Waals surface area contributed by atoms with Gasteiger partial charge in [0.15, 0.2) is 0 Å². The molecule has 0 fully saturated rings. The molecule has 0 aliphatic carbocycles. The molecule has 0 unspecified atom stereocenters. The van der Waals surface area contributed by atoms with Crippen molar-refractivity contribution in [2.24, 2.45) is 0 Å². The van der Waals surface area contributed by atoms with E-state index in [2.05, 4.69) is 0 Å². The van der Waals surface area contributed by atoms with Gasteiger partial charge in [0.25, 0.3) is 7.82 Å². The molecule has 0 aliphatic rings. The number of aliphatic carboxylic acids is 2. The SMILES string of the molecule is O=C([O-])C(=O)[O-].O=P([O-])(O)O.[Fe+2].[Li+]. The Morgan fingerprint density at radius 1 is 1.08 bits per heavy atom. The summed E-state index contributed by atoms with van der Waals surface area (Å²) in [5.41, 5.74) is 0. The van der Waals surface area contributed by atoms with Crippen LogP contribution in [0, 0.1) is 0 Å². The first-order valence-electron chi connectivity index (χ1n) is 1.83. The zero-order valence-electron chi connectivity index (χ0n) is 6.14. The van der Waals surface area contributed by atoms with E-state index in [9.17, 15) is 0 Å². The summed E-state index contributed by atoms with van der Waals surface area (Å²) in [4.78, 5) is 40.8. The standard InChI is InChI=1S/C2H2O4.Fe.Li.H3O4P/c3-1(4)2(5)6;;;1-5(2,3)4/h(H,3,4)(H,5,6);;;(H3,1,2,3,4)/q;+2;+1;/p-3. The molecule has 0 atom stereocenters. The smallest absolute Gasteiger partial charge is 0.756 e. The van der Waals surface area contributed by atoms with Crippen molar-refractivity contribution in [1.82, 2.24) is 0 Å². The fraction of sp³-hybridized carbons (Fsp3) is 0. The Balaban J connectivity index is -0.0000000546. The second-order valence-electron chi connectivity index (χ2n) is 1.07. The van der Waals surface area contributed by atoms with Crippen LogP contribution in [0.15, 0.2) is 0 Å². The fourth-order valence-electron chi connectivity index (χ4n) is 0. The van der Waals surface area contributed by atoms with Crippen LogP contribution >= 0.6 is 7.82 Å². The van der Waals surface area contributed by atoms with Crippen molar-refractivity contribution < 1.29 is 75.0 Å². The van der Waals surface area contributed by atoms with Crippen molar-refractivity contribution in [3.05, 3.63) is 0 Å². The number of phosphoric acid groups is 1. The minimum absolute atomic E-state index is 0. The third-order valence-corrected chi connectivity index (χ3v) is 0.167. The summed E-state index contributed by atoms with van der Waals surface area (Å²) < 4.78 is 8.77. The average molecular weight is 248 g/mol. The third-order valence-electron chi connectivity index (χ3n) is 0.167. The average Bonchev–Trinajstić information content (AvgIpc) is 1.59. The van der Waals surface area contributed by atoms with Gasteiger partial charge in [0.1, 0.15) is 0 Å². The van der Waals surface area contributed by atoms with Crippen LogP contribution in [-0.4, -0.2) is 21.7 Å². The molecule has 0 bridgehead atoms. The van der Waals surface area contributed by atoms with Crippen LogP contribution in [0.1, 0.15) is 0 Å². The fourth-order valence-corrected chi connectivity index (χ4v) is 0. The summed E-state index contributed by atoms with van der Waals surface area (Å²) in [5, 5.41) is 17.9. The molecule has 72 valence electrons. The molecule has 0 saturated carbocycles. The maximum absolute atomic E-state index is 8.93. The van der Waals surface area contributed by atoms with E-state index >= 15 is 0 Å². The molecule has 0 saturated heterocycles. The van der Waals surface area contributed by atoms with E-state index in [1.807, 2.05) is 0 Å². The summed E-state index contributed by atoms with van der Waals surface area (Å²) in [5.74, 6) is -4.37. The molecule has 13 heavy (non-hydrogen) atoms. The summed E-state index contributed by atoms with van der Waals surface area (Å²) in [6.45, 7) is 0. The van der Waals surface area contributed by atoms with E-state index < -0.39 is 19.8 Å². The molecule has 0 amide bonds. The van der Waals surface area contributed by atoms with Crippen molar-refractivity contribution in [3.8, 4) is 0 Å². The Morgan fingerprint density at radius 2 is 1.15 bits per heavy atom. The zero-order chi connectivity index (χ0) is 9.65. The number of carbonyl (C=O) groups is 2. The number of carbonyl (C=O) groups excluding carboxylic acids is 2. The molecular weight excluding hydrogens is 246 g/mol. The molecule has 0 aromatic heterocycles. The first kappa shape index (κ1) is 23.2. The van der Waals surface area contributed by atoms with Crippen LogP contribution in [0.5, 0.6) is 0 Å². The normalized spacial score (nSPS) is 7.92. The molecule has 0 radical (unpaired) electrons. The molecule has 0 aliphatic heterocycles.